The van der Waals surface area contributed by atoms with Crippen LogP contribution in [0.25, 0.3) is 10.9 Å². The van der Waals surface area contributed by atoms with Crippen LogP contribution >= 0.6 is 0 Å². The van der Waals surface area contributed by atoms with Crippen molar-refractivity contribution in [3.63, 3.8) is 0 Å². The lowest BCUT2D eigenvalue weighted by Crippen LogP contribution is -2.51. The Kier molecular flexibility index (Phi) is 7.01. The van der Waals surface area contributed by atoms with Crippen LogP contribution < -0.4 is 16.0 Å². The average Bonchev–Trinajstić information content (AvgIpc) is 3.44. The van der Waals surface area contributed by atoms with E-state index in [1.54, 1.807) is 12.1 Å². The number of benzene rings is 2. The number of halogens is 1. The number of aromatic nitrogens is 1. The monoisotopic (exact) mass is 464 g/mol. The van der Waals surface area contributed by atoms with Crippen LogP contribution in [0, 0.1) is 11.7 Å². The molecule has 34 heavy (non-hydrogen) atoms. The van der Waals surface area contributed by atoms with Crippen molar-refractivity contribution >= 4 is 34.9 Å². The van der Waals surface area contributed by atoms with Crippen molar-refractivity contribution in [1.82, 2.24) is 20.9 Å². The van der Waals surface area contributed by atoms with Crippen molar-refractivity contribution in [2.75, 3.05) is 6.54 Å². The first kappa shape index (κ1) is 23.2. The van der Waals surface area contributed by atoms with Crippen LogP contribution in [-0.2, 0) is 20.8 Å². The van der Waals surface area contributed by atoms with E-state index in [1.807, 2.05) is 24.3 Å². The summed E-state index contributed by atoms with van der Waals surface area (Å²) in [4.78, 5) is 52.5. The van der Waals surface area contributed by atoms with Crippen molar-refractivity contribution in [2.24, 2.45) is 5.92 Å². The maximum absolute atomic E-state index is 13.7. The Morgan fingerprint density at radius 2 is 1.94 bits per heavy atom. The molecular formula is C25H25FN4O4. The van der Waals surface area contributed by atoms with Crippen LogP contribution in [0.5, 0.6) is 0 Å². The van der Waals surface area contributed by atoms with Crippen molar-refractivity contribution in [3.05, 3.63) is 71.7 Å². The quantitative estimate of drug-likeness (QED) is 0.361. The van der Waals surface area contributed by atoms with Gasteiger partial charge < -0.3 is 25.7 Å². The molecule has 8 nitrogen and oxygen atoms in total. The lowest BCUT2D eigenvalue weighted by atomic mass is 9.98. The Bertz CT molecular complexity index is 1190. The van der Waals surface area contributed by atoms with Gasteiger partial charge in [-0.1, -0.05) is 30.3 Å². The largest absolute Gasteiger partial charge is 0.356 e. The number of aldehydes is 1. The van der Waals surface area contributed by atoms with Gasteiger partial charge in [-0.15, -0.1) is 0 Å². The molecule has 3 atom stereocenters. The van der Waals surface area contributed by atoms with Crippen molar-refractivity contribution in [3.8, 4) is 0 Å². The van der Waals surface area contributed by atoms with E-state index >= 15 is 0 Å². The topological polar surface area (TPSA) is 120 Å². The minimum absolute atomic E-state index is 0.0189. The van der Waals surface area contributed by atoms with Gasteiger partial charge in [0.1, 0.15) is 23.8 Å². The standard InChI is InChI=1S/C25H25FN4O4/c26-18-6-3-4-15(10-18)11-21(24(33)28-19(14-31)12-17-8-9-27-23(17)32)30-25(34)22-13-16-5-1-2-7-20(16)29-22/h1-7,10,13-14,17,19,21,29H,8-9,11-12H2,(H,27,32)(H,28,33)(H,30,34)/t17?,19-,21-/m0/s1. The van der Waals surface area contributed by atoms with Crippen LogP contribution in [0.4, 0.5) is 4.39 Å². The molecule has 0 spiro atoms. The Morgan fingerprint density at radius 3 is 2.65 bits per heavy atom. The van der Waals surface area contributed by atoms with Crippen LogP contribution in [-0.4, -0.2) is 47.6 Å². The number of carbonyl (C=O) groups excluding carboxylic acids is 4. The number of H-pyrrole nitrogens is 1. The number of carbonyl (C=O) groups is 4. The predicted molar refractivity (Wildman–Crippen MR) is 123 cm³/mol. The normalized spacial score (nSPS) is 17.1. The van der Waals surface area contributed by atoms with E-state index in [0.717, 1.165) is 10.9 Å². The molecule has 1 aliphatic heterocycles. The molecule has 4 rings (SSSR count). The first-order valence-corrected chi connectivity index (χ1v) is 11.1. The minimum Gasteiger partial charge on any atom is -0.356 e. The number of amides is 3. The van der Waals surface area contributed by atoms with Gasteiger partial charge in [0.05, 0.1) is 6.04 Å². The second-order valence-electron chi connectivity index (χ2n) is 8.39. The lowest BCUT2D eigenvalue weighted by Gasteiger charge is -2.22. The number of rotatable bonds is 9. The van der Waals surface area contributed by atoms with E-state index in [4.69, 9.17) is 0 Å². The number of fused-ring (bicyclic) bond motifs is 1. The second kappa shape index (κ2) is 10.3. The average molecular weight is 464 g/mol. The molecule has 1 saturated heterocycles. The Morgan fingerprint density at radius 1 is 1.12 bits per heavy atom. The van der Waals surface area contributed by atoms with Crippen LogP contribution in [0.3, 0.4) is 0 Å². The van der Waals surface area contributed by atoms with Gasteiger partial charge in [0.15, 0.2) is 0 Å². The fourth-order valence-electron chi connectivity index (χ4n) is 4.15. The van der Waals surface area contributed by atoms with E-state index in [-0.39, 0.29) is 30.4 Å². The highest BCUT2D eigenvalue weighted by molar-refractivity contribution is 6.00. The molecule has 1 fully saturated rings. The molecule has 3 amide bonds. The van der Waals surface area contributed by atoms with Gasteiger partial charge in [-0.2, -0.15) is 0 Å². The highest BCUT2D eigenvalue weighted by Crippen LogP contribution is 2.17. The zero-order valence-corrected chi connectivity index (χ0v) is 18.3. The summed E-state index contributed by atoms with van der Waals surface area (Å²) in [6, 6.07) is 12.8. The number of hydrogen-bond acceptors (Lipinski definition) is 4. The zero-order valence-electron chi connectivity index (χ0n) is 18.3. The molecule has 0 bridgehead atoms. The molecule has 0 saturated carbocycles. The highest BCUT2D eigenvalue weighted by atomic mass is 19.1. The van der Waals surface area contributed by atoms with Crippen LogP contribution in [0.15, 0.2) is 54.6 Å². The maximum atomic E-state index is 13.7. The van der Waals surface area contributed by atoms with Gasteiger partial charge in [-0.25, -0.2) is 4.39 Å². The predicted octanol–water partition coefficient (Wildman–Crippen LogP) is 1.86. The fraction of sp³-hybridized carbons (Fsp3) is 0.280. The third-order valence-corrected chi connectivity index (χ3v) is 5.92. The SMILES string of the molecule is O=C[C@H](CC1CCNC1=O)NC(=O)[C@H](Cc1cccc(F)c1)NC(=O)c1cc2ccccc2[nH]1. The van der Waals surface area contributed by atoms with Crippen molar-refractivity contribution in [1.29, 1.82) is 0 Å². The van der Waals surface area contributed by atoms with Crippen LogP contribution in [0.2, 0.25) is 0 Å². The van der Waals surface area contributed by atoms with E-state index in [9.17, 15) is 23.6 Å². The maximum Gasteiger partial charge on any atom is 0.268 e. The van der Waals surface area contributed by atoms with Crippen molar-refractivity contribution < 1.29 is 23.6 Å². The zero-order chi connectivity index (χ0) is 24.1. The molecule has 0 aliphatic carbocycles. The van der Waals surface area contributed by atoms with Gasteiger partial charge in [-0.05, 0) is 42.7 Å². The third-order valence-electron chi connectivity index (χ3n) is 5.92. The van der Waals surface area contributed by atoms with Gasteiger partial charge in [0.2, 0.25) is 11.8 Å². The molecule has 1 aromatic heterocycles. The first-order valence-electron chi connectivity index (χ1n) is 11.1. The Labute approximate surface area is 195 Å². The van der Waals surface area contributed by atoms with Gasteiger partial charge in [0.25, 0.3) is 5.91 Å². The fourth-order valence-corrected chi connectivity index (χ4v) is 4.15. The van der Waals surface area contributed by atoms with E-state index in [2.05, 4.69) is 20.9 Å². The molecule has 176 valence electrons. The van der Waals surface area contributed by atoms with E-state index in [0.29, 0.717) is 24.8 Å². The molecule has 0 radical (unpaired) electrons. The summed E-state index contributed by atoms with van der Waals surface area (Å²) < 4.78 is 13.7. The van der Waals surface area contributed by atoms with E-state index < -0.39 is 29.7 Å². The second-order valence-corrected chi connectivity index (χ2v) is 8.39. The van der Waals surface area contributed by atoms with E-state index in [1.165, 1.54) is 18.2 Å². The molecule has 1 aliphatic rings. The number of aromatic amines is 1. The molecule has 1 unspecified atom stereocenters. The summed E-state index contributed by atoms with van der Waals surface area (Å²) in [6.45, 7) is 0.534. The summed E-state index contributed by atoms with van der Waals surface area (Å²) in [5, 5.41) is 8.87. The minimum atomic E-state index is -1.07. The summed E-state index contributed by atoms with van der Waals surface area (Å²) in [5.41, 5.74) is 1.55. The highest BCUT2D eigenvalue weighted by Gasteiger charge is 2.30. The first-order chi connectivity index (χ1) is 16.4. The van der Waals surface area contributed by atoms with Gasteiger partial charge >= 0.3 is 0 Å². The molecular weight excluding hydrogens is 439 g/mol. The molecule has 4 N–H and O–H groups in total. The van der Waals surface area contributed by atoms with Crippen LogP contribution in [0.1, 0.15) is 28.9 Å². The molecule has 2 heterocycles. The summed E-state index contributed by atoms with van der Waals surface area (Å²) in [6.07, 6.45) is 1.36. The third kappa shape index (κ3) is 5.48. The Balaban J connectivity index is 1.51. The molecule has 2 aromatic carbocycles. The summed E-state index contributed by atoms with van der Waals surface area (Å²) >= 11 is 0. The number of hydrogen-bond donors (Lipinski definition) is 4. The summed E-state index contributed by atoms with van der Waals surface area (Å²) in [7, 11) is 0. The smallest absolute Gasteiger partial charge is 0.268 e. The van der Waals surface area contributed by atoms with Crippen molar-refractivity contribution in [2.45, 2.75) is 31.3 Å². The number of para-hydroxylation sites is 1. The Hall–Kier alpha value is -4.01. The number of nitrogens with one attached hydrogen (secondary N) is 4. The molecule has 3 aromatic rings. The summed E-state index contributed by atoms with van der Waals surface area (Å²) in [5.74, 6) is -2.07. The molecule has 9 heteroatoms. The lowest BCUT2D eigenvalue weighted by molar-refractivity contribution is -0.127. The van der Waals surface area contributed by atoms with Gasteiger partial charge in [0, 0.05) is 29.8 Å². The van der Waals surface area contributed by atoms with Gasteiger partial charge in [-0.3, -0.25) is 14.4 Å².